The van der Waals surface area contributed by atoms with Gasteiger partial charge in [0.1, 0.15) is 6.10 Å². The lowest BCUT2D eigenvalue weighted by Gasteiger charge is -2.53. The topological polar surface area (TPSA) is 65.3 Å². The van der Waals surface area contributed by atoms with Crippen LogP contribution in [0.25, 0.3) is 0 Å². The minimum absolute atomic E-state index is 0.0756. The number of ether oxygens (including phenoxy) is 2. The highest BCUT2D eigenvalue weighted by atomic mass is 16.5. The van der Waals surface area contributed by atoms with Crippen molar-refractivity contribution in [2.24, 2.45) is 7.05 Å². The molecule has 0 saturated carbocycles. The number of hydrogen-bond donors (Lipinski definition) is 0. The third kappa shape index (κ3) is 3.52. The van der Waals surface area contributed by atoms with E-state index in [1.165, 1.54) is 5.69 Å². The SMILES string of the molecule is Cc1cncc(O[C@@H]2CCOC3(C2)CN(Cc2cc(C)nn2C)C3)n1. The van der Waals surface area contributed by atoms with Crippen LogP contribution in [-0.2, 0) is 18.3 Å². The van der Waals surface area contributed by atoms with E-state index < -0.39 is 0 Å². The van der Waals surface area contributed by atoms with Crippen molar-refractivity contribution in [1.82, 2.24) is 24.6 Å². The normalized spacial score (nSPS) is 22.8. The van der Waals surface area contributed by atoms with Gasteiger partial charge in [-0.2, -0.15) is 5.10 Å². The van der Waals surface area contributed by atoms with Crippen molar-refractivity contribution in [1.29, 1.82) is 0 Å². The van der Waals surface area contributed by atoms with Crippen molar-refractivity contribution >= 4 is 0 Å². The van der Waals surface area contributed by atoms with Gasteiger partial charge in [0.2, 0.25) is 5.88 Å². The summed E-state index contributed by atoms with van der Waals surface area (Å²) < 4.78 is 14.1. The largest absolute Gasteiger partial charge is 0.473 e. The third-order valence-electron chi connectivity index (χ3n) is 4.98. The zero-order valence-electron chi connectivity index (χ0n) is 15.1. The fourth-order valence-corrected chi connectivity index (χ4v) is 3.89. The van der Waals surface area contributed by atoms with Crippen molar-refractivity contribution < 1.29 is 9.47 Å². The second kappa shape index (κ2) is 6.38. The molecule has 0 N–H and O–H groups in total. The zero-order valence-corrected chi connectivity index (χ0v) is 15.1. The molecule has 2 fully saturated rings. The first kappa shape index (κ1) is 16.5. The molecule has 0 radical (unpaired) electrons. The minimum Gasteiger partial charge on any atom is -0.473 e. The van der Waals surface area contributed by atoms with Crippen molar-refractivity contribution in [2.75, 3.05) is 19.7 Å². The lowest BCUT2D eigenvalue weighted by atomic mass is 9.84. The highest BCUT2D eigenvalue weighted by Gasteiger charge is 2.48. The van der Waals surface area contributed by atoms with E-state index in [-0.39, 0.29) is 11.7 Å². The molecule has 2 aromatic heterocycles. The summed E-state index contributed by atoms with van der Waals surface area (Å²) in [6.07, 6.45) is 5.38. The Morgan fingerprint density at radius 2 is 2.12 bits per heavy atom. The second-order valence-electron chi connectivity index (χ2n) is 7.31. The predicted octanol–water partition coefficient (Wildman–Crippen LogP) is 1.64. The molecule has 0 unspecified atom stereocenters. The number of hydrogen-bond acceptors (Lipinski definition) is 6. The van der Waals surface area contributed by atoms with Crippen LogP contribution in [0.1, 0.15) is 29.9 Å². The first-order valence-electron chi connectivity index (χ1n) is 8.82. The number of nitrogens with zero attached hydrogens (tertiary/aromatic N) is 5. The van der Waals surface area contributed by atoms with Crippen molar-refractivity contribution in [3.8, 4) is 5.88 Å². The molecule has 2 aliphatic rings. The summed E-state index contributed by atoms with van der Waals surface area (Å²) in [6, 6.07) is 2.15. The summed E-state index contributed by atoms with van der Waals surface area (Å²) in [5, 5.41) is 4.42. The molecule has 7 nitrogen and oxygen atoms in total. The standard InChI is InChI=1S/C18H25N5O2/c1-13-6-15(22(3)21-13)10-23-11-18(12-23)7-16(4-5-24-18)25-17-9-19-8-14(2)20-17/h6,8-9,16H,4-5,7,10-12H2,1-3H3/t16-/m1/s1. The van der Waals surface area contributed by atoms with Gasteiger partial charge in [-0.3, -0.25) is 14.6 Å². The fourth-order valence-electron chi connectivity index (χ4n) is 3.89. The van der Waals surface area contributed by atoms with Crippen molar-refractivity contribution in [3.05, 3.63) is 35.5 Å². The number of likely N-dealkylation sites (tertiary alicyclic amines) is 1. The quantitative estimate of drug-likeness (QED) is 0.841. The van der Waals surface area contributed by atoms with E-state index in [0.717, 1.165) is 50.5 Å². The van der Waals surface area contributed by atoms with Crippen LogP contribution in [0.5, 0.6) is 5.88 Å². The van der Waals surface area contributed by atoms with E-state index >= 15 is 0 Å². The summed E-state index contributed by atoms with van der Waals surface area (Å²) >= 11 is 0. The van der Waals surface area contributed by atoms with Gasteiger partial charge < -0.3 is 9.47 Å². The Morgan fingerprint density at radius 1 is 1.28 bits per heavy atom. The number of rotatable bonds is 4. The second-order valence-corrected chi connectivity index (χ2v) is 7.31. The van der Waals surface area contributed by atoms with Crippen LogP contribution in [0, 0.1) is 13.8 Å². The van der Waals surface area contributed by atoms with Crippen LogP contribution >= 0.6 is 0 Å². The van der Waals surface area contributed by atoms with Crippen molar-refractivity contribution in [2.45, 2.75) is 44.9 Å². The minimum atomic E-state index is -0.0756. The molecule has 0 aliphatic carbocycles. The summed E-state index contributed by atoms with van der Waals surface area (Å²) in [4.78, 5) is 11.0. The maximum absolute atomic E-state index is 6.12. The molecule has 4 heterocycles. The van der Waals surface area contributed by atoms with E-state index in [0.29, 0.717) is 5.88 Å². The first-order valence-corrected chi connectivity index (χ1v) is 8.82. The maximum atomic E-state index is 6.12. The number of aromatic nitrogens is 4. The molecule has 134 valence electrons. The average molecular weight is 343 g/mol. The molecule has 4 rings (SSSR count). The van der Waals surface area contributed by atoms with E-state index in [4.69, 9.17) is 9.47 Å². The van der Waals surface area contributed by atoms with E-state index in [2.05, 4.69) is 26.0 Å². The lowest BCUT2D eigenvalue weighted by molar-refractivity contribution is -0.188. The third-order valence-corrected chi connectivity index (χ3v) is 4.98. The van der Waals surface area contributed by atoms with E-state index in [1.807, 2.05) is 25.6 Å². The van der Waals surface area contributed by atoms with E-state index in [1.54, 1.807) is 12.4 Å². The van der Waals surface area contributed by atoms with E-state index in [9.17, 15) is 0 Å². The maximum Gasteiger partial charge on any atom is 0.232 e. The van der Waals surface area contributed by atoms with Gasteiger partial charge in [-0.25, -0.2) is 4.98 Å². The molecule has 2 aromatic rings. The molecule has 1 spiro atoms. The Kier molecular flexibility index (Phi) is 4.21. The molecule has 2 saturated heterocycles. The van der Waals surface area contributed by atoms with Gasteiger partial charge >= 0.3 is 0 Å². The molecular formula is C18H25N5O2. The molecule has 1 atom stereocenters. The number of aryl methyl sites for hydroxylation is 3. The highest BCUT2D eigenvalue weighted by molar-refractivity contribution is 5.12. The van der Waals surface area contributed by atoms with Crippen LogP contribution in [0.3, 0.4) is 0 Å². The van der Waals surface area contributed by atoms with Crippen LogP contribution in [0.4, 0.5) is 0 Å². The van der Waals surface area contributed by atoms with Gasteiger partial charge in [0.05, 0.1) is 35.5 Å². The molecule has 0 amide bonds. The Bertz CT molecular complexity index is 754. The van der Waals surface area contributed by atoms with Gasteiger partial charge in [0, 0.05) is 45.7 Å². The lowest BCUT2D eigenvalue weighted by Crippen LogP contribution is -2.65. The summed E-state index contributed by atoms with van der Waals surface area (Å²) in [5.74, 6) is 0.614. The van der Waals surface area contributed by atoms with Crippen LogP contribution < -0.4 is 4.74 Å². The predicted molar refractivity (Wildman–Crippen MR) is 92.3 cm³/mol. The Balaban J connectivity index is 1.34. The zero-order chi connectivity index (χ0) is 17.4. The van der Waals surface area contributed by atoms with Gasteiger partial charge in [-0.1, -0.05) is 0 Å². The molecule has 0 aromatic carbocycles. The molecule has 25 heavy (non-hydrogen) atoms. The first-order chi connectivity index (χ1) is 12.0. The van der Waals surface area contributed by atoms with Gasteiger partial charge in [-0.15, -0.1) is 0 Å². The van der Waals surface area contributed by atoms with Gasteiger partial charge in [0.15, 0.2) is 0 Å². The van der Waals surface area contributed by atoms with Gasteiger partial charge in [0.25, 0.3) is 0 Å². The summed E-state index contributed by atoms with van der Waals surface area (Å²) in [6.45, 7) is 7.49. The average Bonchev–Trinajstić information content (AvgIpc) is 2.84. The Labute approximate surface area is 148 Å². The summed E-state index contributed by atoms with van der Waals surface area (Å²) in [5.41, 5.74) is 3.11. The van der Waals surface area contributed by atoms with Gasteiger partial charge in [-0.05, 0) is 19.9 Å². The smallest absolute Gasteiger partial charge is 0.232 e. The Hall–Kier alpha value is -1.99. The fraction of sp³-hybridized carbons (Fsp3) is 0.611. The van der Waals surface area contributed by atoms with Crippen LogP contribution in [0.15, 0.2) is 18.5 Å². The Morgan fingerprint density at radius 3 is 2.84 bits per heavy atom. The molecule has 0 bridgehead atoms. The molecule has 2 aliphatic heterocycles. The van der Waals surface area contributed by atoms with Crippen LogP contribution in [0.2, 0.25) is 0 Å². The summed E-state index contributed by atoms with van der Waals surface area (Å²) in [7, 11) is 2.00. The van der Waals surface area contributed by atoms with Crippen molar-refractivity contribution in [3.63, 3.8) is 0 Å². The monoisotopic (exact) mass is 343 g/mol. The highest BCUT2D eigenvalue weighted by Crippen LogP contribution is 2.36. The molecule has 7 heteroatoms. The molecular weight excluding hydrogens is 318 g/mol. The van der Waals surface area contributed by atoms with Crippen LogP contribution in [-0.4, -0.2) is 56.0 Å².